The maximum absolute atomic E-state index is 12.5. The molecule has 1 aromatic heterocycles. The fraction of sp³-hybridized carbons (Fsp3) is 0.105. The second-order valence-electron chi connectivity index (χ2n) is 5.52. The molecule has 0 unspecified atom stereocenters. The first kappa shape index (κ1) is 17.0. The van der Waals surface area contributed by atoms with Gasteiger partial charge in [-0.15, -0.1) is 0 Å². The summed E-state index contributed by atoms with van der Waals surface area (Å²) in [6.07, 6.45) is 0. The molecule has 3 aromatic rings. The number of ether oxygens (including phenoxy) is 1. The topological polar surface area (TPSA) is 73.6 Å². The van der Waals surface area contributed by atoms with Gasteiger partial charge in [0.1, 0.15) is 5.75 Å². The summed E-state index contributed by atoms with van der Waals surface area (Å²) in [4.78, 5) is 12.3. The summed E-state index contributed by atoms with van der Waals surface area (Å²) >= 11 is 0. The van der Waals surface area contributed by atoms with Gasteiger partial charge in [-0.05, 0) is 55.3 Å². The van der Waals surface area contributed by atoms with E-state index in [4.69, 9.17) is 9.15 Å². The molecule has 0 N–H and O–H groups in total. The SMILES string of the molecule is Cc1cccc(OC(=O)c2ccc(S(=O)(=O)c3ccccc3)o2)c1C. The Morgan fingerprint density at radius 1 is 0.920 bits per heavy atom. The van der Waals surface area contributed by atoms with Crippen molar-refractivity contribution in [3.63, 3.8) is 0 Å². The summed E-state index contributed by atoms with van der Waals surface area (Å²) in [7, 11) is -3.81. The van der Waals surface area contributed by atoms with Gasteiger partial charge in [0.2, 0.25) is 20.7 Å². The highest BCUT2D eigenvalue weighted by atomic mass is 32.2. The number of furan rings is 1. The van der Waals surface area contributed by atoms with Crippen molar-refractivity contribution in [2.45, 2.75) is 23.8 Å². The molecule has 3 rings (SSSR count). The molecule has 0 bridgehead atoms. The van der Waals surface area contributed by atoms with Crippen LogP contribution in [-0.2, 0) is 9.84 Å². The summed E-state index contributed by atoms with van der Waals surface area (Å²) in [6.45, 7) is 3.75. The monoisotopic (exact) mass is 356 g/mol. The minimum atomic E-state index is -3.81. The van der Waals surface area contributed by atoms with Crippen LogP contribution < -0.4 is 4.74 Å². The van der Waals surface area contributed by atoms with Crippen molar-refractivity contribution in [2.24, 2.45) is 0 Å². The van der Waals surface area contributed by atoms with E-state index in [0.717, 1.165) is 11.1 Å². The molecule has 5 nitrogen and oxygen atoms in total. The zero-order chi connectivity index (χ0) is 18.0. The summed E-state index contributed by atoms with van der Waals surface area (Å²) in [5.74, 6) is -0.507. The Bertz CT molecular complexity index is 1020. The molecule has 25 heavy (non-hydrogen) atoms. The van der Waals surface area contributed by atoms with Crippen molar-refractivity contribution in [2.75, 3.05) is 0 Å². The van der Waals surface area contributed by atoms with Gasteiger partial charge in [-0.1, -0.05) is 30.3 Å². The molecule has 1 heterocycles. The third-order valence-corrected chi connectivity index (χ3v) is 5.50. The molecule has 0 radical (unpaired) electrons. The second-order valence-corrected chi connectivity index (χ2v) is 7.40. The maximum atomic E-state index is 12.5. The Hall–Kier alpha value is -2.86. The number of benzene rings is 2. The highest BCUT2D eigenvalue weighted by Crippen LogP contribution is 2.25. The van der Waals surface area contributed by atoms with Crippen LogP contribution in [0, 0.1) is 13.8 Å². The second kappa shape index (κ2) is 6.57. The first-order valence-electron chi connectivity index (χ1n) is 7.58. The zero-order valence-electron chi connectivity index (χ0n) is 13.7. The van der Waals surface area contributed by atoms with Gasteiger partial charge < -0.3 is 9.15 Å². The third-order valence-electron chi connectivity index (χ3n) is 3.86. The highest BCUT2D eigenvalue weighted by molar-refractivity contribution is 7.91. The van der Waals surface area contributed by atoms with Crippen molar-refractivity contribution in [3.05, 3.63) is 77.6 Å². The molecule has 0 aliphatic carbocycles. The van der Waals surface area contributed by atoms with E-state index >= 15 is 0 Å². The van der Waals surface area contributed by atoms with Gasteiger partial charge in [0.25, 0.3) is 0 Å². The Balaban J connectivity index is 1.86. The quantitative estimate of drug-likeness (QED) is 0.523. The Kier molecular flexibility index (Phi) is 4.46. The van der Waals surface area contributed by atoms with Crippen LogP contribution in [0.25, 0.3) is 0 Å². The lowest BCUT2D eigenvalue weighted by molar-refractivity contribution is 0.0694. The average molecular weight is 356 g/mol. The molecule has 0 saturated carbocycles. The van der Waals surface area contributed by atoms with Crippen molar-refractivity contribution < 1.29 is 22.4 Å². The fourth-order valence-electron chi connectivity index (χ4n) is 2.27. The number of esters is 1. The van der Waals surface area contributed by atoms with Gasteiger partial charge in [0.05, 0.1) is 4.90 Å². The lowest BCUT2D eigenvalue weighted by Gasteiger charge is -2.07. The molecule has 6 heteroatoms. The number of aryl methyl sites for hydroxylation is 1. The largest absolute Gasteiger partial charge is 0.437 e. The predicted octanol–water partition coefficient (Wildman–Crippen LogP) is 3.95. The van der Waals surface area contributed by atoms with Gasteiger partial charge in [0, 0.05) is 0 Å². The molecule has 2 aromatic carbocycles. The number of carbonyl (C=O) groups excluding carboxylic acids is 1. The minimum absolute atomic E-state index is 0.0961. The molecule has 0 atom stereocenters. The molecule has 0 aliphatic heterocycles. The number of hydrogen-bond acceptors (Lipinski definition) is 5. The number of rotatable bonds is 4. The van der Waals surface area contributed by atoms with Crippen LogP contribution in [0.4, 0.5) is 0 Å². The lowest BCUT2D eigenvalue weighted by Crippen LogP contribution is -2.08. The summed E-state index contributed by atoms with van der Waals surface area (Å²) in [6, 6.07) is 15.8. The number of hydrogen-bond donors (Lipinski definition) is 0. The fourth-order valence-corrected chi connectivity index (χ4v) is 3.47. The molecule has 128 valence electrons. The van der Waals surface area contributed by atoms with E-state index in [0.29, 0.717) is 5.75 Å². The van der Waals surface area contributed by atoms with Crippen LogP contribution in [0.1, 0.15) is 21.7 Å². The summed E-state index contributed by atoms with van der Waals surface area (Å²) in [5, 5.41) is -0.299. The van der Waals surface area contributed by atoms with Gasteiger partial charge >= 0.3 is 5.97 Å². The average Bonchev–Trinajstić information content (AvgIpc) is 3.11. The molecule has 0 saturated heterocycles. The van der Waals surface area contributed by atoms with Crippen molar-refractivity contribution in [3.8, 4) is 5.75 Å². The molecule has 0 aliphatic rings. The van der Waals surface area contributed by atoms with Gasteiger partial charge in [0.15, 0.2) is 0 Å². The summed E-state index contributed by atoms with van der Waals surface area (Å²) in [5.41, 5.74) is 1.82. The van der Waals surface area contributed by atoms with Gasteiger partial charge in [-0.25, -0.2) is 13.2 Å². The first-order chi connectivity index (χ1) is 11.9. The smallest absolute Gasteiger partial charge is 0.379 e. The summed E-state index contributed by atoms with van der Waals surface area (Å²) < 4.78 is 35.5. The molecule has 0 fully saturated rings. The molecule has 0 amide bonds. The van der Waals surface area contributed by atoms with E-state index in [-0.39, 0.29) is 15.7 Å². The van der Waals surface area contributed by atoms with Gasteiger partial charge in [-0.2, -0.15) is 0 Å². The van der Waals surface area contributed by atoms with Crippen molar-refractivity contribution in [1.82, 2.24) is 0 Å². The standard InChI is InChI=1S/C19H16O5S/c1-13-7-6-10-16(14(13)2)24-19(20)17-11-12-18(23-17)25(21,22)15-8-4-3-5-9-15/h3-12H,1-2H3. The normalized spacial score (nSPS) is 11.3. The minimum Gasteiger partial charge on any atom is -0.437 e. The van der Waals surface area contributed by atoms with Crippen molar-refractivity contribution in [1.29, 1.82) is 0 Å². The Morgan fingerprint density at radius 2 is 1.64 bits per heavy atom. The molecule has 0 spiro atoms. The lowest BCUT2D eigenvalue weighted by atomic mass is 10.1. The van der Waals surface area contributed by atoms with Crippen LogP contribution >= 0.6 is 0 Å². The van der Waals surface area contributed by atoms with E-state index in [1.54, 1.807) is 30.3 Å². The zero-order valence-corrected chi connectivity index (χ0v) is 14.5. The van der Waals surface area contributed by atoms with E-state index < -0.39 is 15.8 Å². The van der Waals surface area contributed by atoms with E-state index in [9.17, 15) is 13.2 Å². The maximum Gasteiger partial charge on any atom is 0.379 e. The van der Waals surface area contributed by atoms with Gasteiger partial charge in [-0.3, -0.25) is 0 Å². The number of sulfone groups is 1. The highest BCUT2D eigenvalue weighted by Gasteiger charge is 2.24. The molecular formula is C19H16O5S. The molecular weight excluding hydrogens is 340 g/mol. The Labute approximate surface area is 145 Å². The third kappa shape index (κ3) is 3.34. The Morgan fingerprint density at radius 3 is 2.36 bits per heavy atom. The number of carbonyl (C=O) groups is 1. The van der Waals surface area contributed by atoms with Crippen LogP contribution in [0.3, 0.4) is 0 Å². The van der Waals surface area contributed by atoms with Crippen LogP contribution in [0.2, 0.25) is 0 Å². The van der Waals surface area contributed by atoms with E-state index in [1.165, 1.54) is 24.3 Å². The predicted molar refractivity (Wildman–Crippen MR) is 91.5 cm³/mol. The van der Waals surface area contributed by atoms with E-state index in [1.807, 2.05) is 19.9 Å². The van der Waals surface area contributed by atoms with E-state index in [2.05, 4.69) is 0 Å². The van der Waals surface area contributed by atoms with Crippen LogP contribution in [0.5, 0.6) is 5.75 Å². The van der Waals surface area contributed by atoms with Crippen molar-refractivity contribution >= 4 is 15.8 Å². The van der Waals surface area contributed by atoms with Crippen LogP contribution in [-0.4, -0.2) is 14.4 Å². The van der Waals surface area contributed by atoms with Crippen LogP contribution in [0.15, 0.2) is 75.1 Å². The first-order valence-corrected chi connectivity index (χ1v) is 9.06.